The Morgan fingerprint density at radius 2 is 1.76 bits per heavy atom. The van der Waals surface area contributed by atoms with Crippen LogP contribution in [0.15, 0.2) is 18.2 Å². The number of nitrogens with zero attached hydrogens (tertiary/aromatic N) is 3. The molecule has 1 aromatic carbocycles. The number of likely N-dealkylation sites (tertiary alicyclic amines) is 2. The molecule has 0 atom stereocenters. The number of halogens is 1. The van der Waals surface area contributed by atoms with Crippen LogP contribution in [0.4, 0.5) is 11.4 Å². The second kappa shape index (κ2) is 10.0. The minimum atomic E-state index is -0.533. The normalized spacial score (nSPS) is 18.9. The van der Waals surface area contributed by atoms with Crippen LogP contribution in [0.3, 0.4) is 0 Å². The molecule has 2 amide bonds. The van der Waals surface area contributed by atoms with Gasteiger partial charge in [-0.1, -0.05) is 24.4 Å². The molecule has 1 aromatic rings. The van der Waals surface area contributed by atoms with Crippen molar-refractivity contribution in [3.8, 4) is 0 Å². The zero-order valence-corrected chi connectivity index (χ0v) is 17.2. The first kappa shape index (κ1) is 21.5. The monoisotopic (exact) mass is 422 g/mol. The lowest BCUT2D eigenvalue weighted by atomic mass is 9.95. The molecule has 0 spiro atoms. The smallest absolute Gasteiger partial charge is 0.271 e. The van der Waals surface area contributed by atoms with Crippen LogP contribution in [0.1, 0.15) is 38.5 Å². The van der Waals surface area contributed by atoms with E-state index in [1.165, 1.54) is 31.0 Å². The third-order valence-corrected chi connectivity index (χ3v) is 5.97. The largest absolute Gasteiger partial charge is 0.342 e. The number of nitro groups is 1. The summed E-state index contributed by atoms with van der Waals surface area (Å²) in [5, 5.41) is 13.6. The van der Waals surface area contributed by atoms with Crippen LogP contribution >= 0.6 is 11.6 Å². The quantitative estimate of drug-likeness (QED) is 0.580. The molecule has 158 valence electrons. The summed E-state index contributed by atoms with van der Waals surface area (Å²) in [5.41, 5.74) is 0.234. The van der Waals surface area contributed by atoms with Crippen molar-refractivity contribution in [2.24, 2.45) is 5.92 Å². The number of hydrogen-bond donors (Lipinski definition) is 1. The minimum absolute atomic E-state index is 0.0523. The summed E-state index contributed by atoms with van der Waals surface area (Å²) in [4.78, 5) is 39.4. The van der Waals surface area contributed by atoms with E-state index < -0.39 is 4.92 Å². The average Bonchev–Trinajstić information content (AvgIpc) is 2.99. The van der Waals surface area contributed by atoms with E-state index in [9.17, 15) is 19.7 Å². The van der Waals surface area contributed by atoms with Gasteiger partial charge < -0.3 is 10.2 Å². The molecular formula is C20H27ClN4O4. The van der Waals surface area contributed by atoms with Crippen molar-refractivity contribution in [2.75, 3.05) is 38.0 Å². The molecule has 0 aromatic heterocycles. The Kier molecular flexibility index (Phi) is 7.44. The second-order valence-electron chi connectivity index (χ2n) is 7.76. The third kappa shape index (κ3) is 5.90. The van der Waals surface area contributed by atoms with Crippen LogP contribution in [0.25, 0.3) is 0 Å². The molecule has 0 unspecified atom stereocenters. The van der Waals surface area contributed by atoms with Gasteiger partial charge in [-0.15, -0.1) is 0 Å². The second-order valence-corrected chi connectivity index (χ2v) is 8.17. The molecule has 0 radical (unpaired) electrons. The maximum atomic E-state index is 12.8. The summed E-state index contributed by atoms with van der Waals surface area (Å²) in [7, 11) is 0. The van der Waals surface area contributed by atoms with E-state index in [1.807, 2.05) is 9.80 Å². The summed E-state index contributed by atoms with van der Waals surface area (Å²) < 4.78 is 0. The molecule has 3 rings (SSSR count). The lowest BCUT2D eigenvalue weighted by molar-refractivity contribution is -0.384. The van der Waals surface area contributed by atoms with Gasteiger partial charge in [0.15, 0.2) is 0 Å². The van der Waals surface area contributed by atoms with E-state index in [0.717, 1.165) is 38.8 Å². The number of piperidine rings is 1. The Labute approximate surface area is 175 Å². The SMILES string of the molecule is O=C(CN1CCC(C(=O)N2CCCCCC2)CC1)Nc1ccc([N+](=O)[O-])cc1Cl. The first-order valence-electron chi connectivity index (χ1n) is 10.2. The molecule has 1 N–H and O–H groups in total. The number of carbonyl (C=O) groups excluding carboxylic acids is 2. The highest BCUT2D eigenvalue weighted by Crippen LogP contribution is 2.27. The number of benzene rings is 1. The van der Waals surface area contributed by atoms with E-state index in [0.29, 0.717) is 18.8 Å². The van der Waals surface area contributed by atoms with Crippen molar-refractivity contribution in [3.05, 3.63) is 33.3 Å². The van der Waals surface area contributed by atoms with Gasteiger partial charge in [-0.2, -0.15) is 0 Å². The zero-order chi connectivity index (χ0) is 20.8. The van der Waals surface area contributed by atoms with E-state index in [1.54, 1.807) is 0 Å². The summed E-state index contributed by atoms with van der Waals surface area (Å²) in [5.74, 6) is 0.100. The number of anilines is 1. The van der Waals surface area contributed by atoms with Crippen LogP contribution < -0.4 is 5.32 Å². The molecule has 8 nitrogen and oxygen atoms in total. The van der Waals surface area contributed by atoms with Crippen molar-refractivity contribution in [2.45, 2.75) is 38.5 Å². The number of nitro benzene ring substituents is 1. The molecule has 9 heteroatoms. The minimum Gasteiger partial charge on any atom is -0.342 e. The van der Waals surface area contributed by atoms with E-state index in [4.69, 9.17) is 11.6 Å². The van der Waals surface area contributed by atoms with Crippen LogP contribution in [-0.2, 0) is 9.59 Å². The number of non-ortho nitro benzene ring substituents is 1. The molecule has 0 bridgehead atoms. The predicted molar refractivity (Wildman–Crippen MR) is 111 cm³/mol. The molecule has 2 saturated heterocycles. The summed E-state index contributed by atoms with van der Waals surface area (Å²) >= 11 is 6.02. The lowest BCUT2D eigenvalue weighted by Crippen LogP contribution is -2.44. The first-order chi connectivity index (χ1) is 13.9. The molecule has 2 aliphatic heterocycles. The highest BCUT2D eigenvalue weighted by atomic mass is 35.5. The molecule has 0 aliphatic carbocycles. The predicted octanol–water partition coefficient (Wildman–Crippen LogP) is 3.30. The standard InChI is InChI=1S/C20H27ClN4O4/c21-17-13-16(25(28)29)5-6-18(17)22-19(26)14-23-11-7-15(8-12-23)20(27)24-9-3-1-2-4-10-24/h5-6,13,15H,1-4,7-12,14H2,(H,22,26). The van der Waals surface area contributed by atoms with Gasteiger partial charge in [-0.3, -0.25) is 24.6 Å². The van der Waals surface area contributed by atoms with Gasteiger partial charge in [0.05, 0.1) is 22.2 Å². The number of hydrogen-bond acceptors (Lipinski definition) is 5. The summed E-state index contributed by atoms with van der Waals surface area (Å²) in [6.07, 6.45) is 6.12. The molecule has 0 saturated carbocycles. The van der Waals surface area contributed by atoms with Crippen molar-refractivity contribution in [1.82, 2.24) is 9.80 Å². The summed E-state index contributed by atoms with van der Waals surface area (Å²) in [6, 6.07) is 3.96. The Morgan fingerprint density at radius 3 is 2.34 bits per heavy atom. The molecule has 2 aliphatic rings. The van der Waals surface area contributed by atoms with Crippen molar-refractivity contribution >= 4 is 34.8 Å². The molecule has 2 fully saturated rings. The fourth-order valence-electron chi connectivity index (χ4n) is 4.00. The van der Waals surface area contributed by atoms with Gasteiger partial charge in [-0.25, -0.2) is 0 Å². The number of rotatable bonds is 5. The Morgan fingerprint density at radius 1 is 1.10 bits per heavy atom. The fourth-order valence-corrected chi connectivity index (χ4v) is 4.22. The van der Waals surface area contributed by atoms with Gasteiger partial charge in [0, 0.05) is 31.1 Å². The highest BCUT2D eigenvalue weighted by molar-refractivity contribution is 6.34. The lowest BCUT2D eigenvalue weighted by Gasteiger charge is -2.33. The molecular weight excluding hydrogens is 396 g/mol. The molecule has 2 heterocycles. The number of carbonyl (C=O) groups is 2. The Bertz CT molecular complexity index is 757. The van der Waals surface area contributed by atoms with Gasteiger partial charge in [-0.05, 0) is 44.8 Å². The Balaban J connectivity index is 1.46. The van der Waals surface area contributed by atoms with Crippen molar-refractivity contribution in [1.29, 1.82) is 0 Å². The van der Waals surface area contributed by atoms with Crippen LogP contribution in [-0.4, -0.2) is 59.3 Å². The third-order valence-electron chi connectivity index (χ3n) is 5.66. The fraction of sp³-hybridized carbons (Fsp3) is 0.600. The van der Waals surface area contributed by atoms with E-state index in [2.05, 4.69) is 5.32 Å². The van der Waals surface area contributed by atoms with Gasteiger partial charge in [0.1, 0.15) is 0 Å². The van der Waals surface area contributed by atoms with Crippen LogP contribution in [0.2, 0.25) is 5.02 Å². The van der Waals surface area contributed by atoms with E-state index >= 15 is 0 Å². The van der Waals surface area contributed by atoms with Crippen molar-refractivity contribution < 1.29 is 14.5 Å². The van der Waals surface area contributed by atoms with E-state index in [-0.39, 0.29) is 35.0 Å². The number of amides is 2. The van der Waals surface area contributed by atoms with Crippen molar-refractivity contribution in [3.63, 3.8) is 0 Å². The number of nitrogens with one attached hydrogen (secondary N) is 1. The van der Waals surface area contributed by atoms with Gasteiger partial charge >= 0.3 is 0 Å². The van der Waals surface area contributed by atoms with Crippen LogP contribution in [0.5, 0.6) is 0 Å². The van der Waals surface area contributed by atoms with Gasteiger partial charge in [0.25, 0.3) is 5.69 Å². The topological polar surface area (TPSA) is 95.8 Å². The average molecular weight is 423 g/mol. The Hall–Kier alpha value is -2.19. The van der Waals surface area contributed by atoms with Crippen LogP contribution in [0, 0.1) is 16.0 Å². The summed E-state index contributed by atoms with van der Waals surface area (Å²) in [6.45, 7) is 3.35. The zero-order valence-electron chi connectivity index (χ0n) is 16.4. The molecule has 29 heavy (non-hydrogen) atoms. The maximum Gasteiger partial charge on any atom is 0.271 e. The highest BCUT2D eigenvalue weighted by Gasteiger charge is 2.29. The van der Waals surface area contributed by atoms with Gasteiger partial charge in [0.2, 0.25) is 11.8 Å². The maximum absolute atomic E-state index is 12.8. The first-order valence-corrected chi connectivity index (χ1v) is 10.6.